The molecule has 0 saturated carbocycles. The van der Waals surface area contributed by atoms with Gasteiger partial charge in [0.1, 0.15) is 56.4 Å². The van der Waals surface area contributed by atoms with E-state index >= 15 is 0 Å². The predicted octanol–water partition coefficient (Wildman–Crippen LogP) is 14.0. The first-order valence-electron chi connectivity index (χ1n) is 39.1. The number of rotatable bonds is 26. The molecule has 8 aromatic heterocycles. The highest BCUT2D eigenvalue weighted by molar-refractivity contribution is 8.00. The molecule has 16 aromatic rings. The van der Waals surface area contributed by atoms with Gasteiger partial charge in [-0.05, 0) is 145 Å². The van der Waals surface area contributed by atoms with E-state index in [-0.39, 0.29) is 68.6 Å². The molecule has 0 aliphatic carbocycles. The average Bonchev–Trinajstić information content (AvgIpc) is 1.70. The van der Waals surface area contributed by atoms with Crippen LogP contribution in [-0.4, -0.2) is 168 Å². The number of aryl methyl sites for hydroxylation is 7. The molecule has 16 rings (SSSR count). The number of aromatic nitrogens is 16. The molecule has 4 amide bonds. The summed E-state index contributed by atoms with van der Waals surface area (Å²) in [6, 6.07) is 57.5. The normalized spacial score (nSPS) is 10.9. The van der Waals surface area contributed by atoms with Gasteiger partial charge < -0.3 is 49.7 Å². The van der Waals surface area contributed by atoms with Crippen molar-refractivity contribution in [2.45, 2.75) is 69.1 Å². The first-order chi connectivity index (χ1) is 61.3. The number of amides is 4. The van der Waals surface area contributed by atoms with Crippen LogP contribution in [0.4, 0.5) is 22.7 Å². The van der Waals surface area contributed by atoms with Gasteiger partial charge in [0.15, 0.2) is 43.2 Å². The third-order valence-corrected chi connectivity index (χ3v) is 23.3. The Kier molecular flexibility index (Phi) is 29.2. The van der Waals surface area contributed by atoms with Gasteiger partial charge in [-0.1, -0.05) is 125 Å². The van der Waals surface area contributed by atoms with Gasteiger partial charge in [0, 0.05) is 70.2 Å². The minimum Gasteiger partial charge on any atom is -0.497 e. The number of benzene rings is 8. The van der Waals surface area contributed by atoms with Crippen LogP contribution in [-0.2, 0) is 19.2 Å². The highest BCUT2D eigenvalue weighted by atomic mass is 32.2. The van der Waals surface area contributed by atoms with E-state index in [4.69, 9.17) is 50.1 Å². The Morgan fingerprint density at radius 3 is 1.00 bits per heavy atom. The average molecular weight is 1780 g/mol. The number of thioether (sulfide) groups is 4. The summed E-state index contributed by atoms with van der Waals surface area (Å²) in [5.41, 5.74) is 14.7. The molecule has 0 saturated heterocycles. The number of hydrogen-bond donors (Lipinski definition) is 12. The Hall–Kier alpha value is -14.8. The van der Waals surface area contributed by atoms with Gasteiger partial charge in [0.2, 0.25) is 23.6 Å². The Balaban J connectivity index is 0.000000145. The SMILES string of the molecule is COc1ccc(NC(=O)CSc2nc3n[nH]c(C)c3c(=N)n2-c2ccccc2C)c(OC)c1.COc1cccc(-n2c(SCC(=O)Nc3ccc(C)cc3)nc3n[nH]c(C)c3c2=N)c1.COc1cccc(NC(=O)CSc2nc3n[nH]c(C)c3c(=N)n2-c2cccc(OC)c2)c1.COc1cccc(NC(=O)CSc2nc3n[nH]c(C)c3c(=N)n2-c2ccccc2C)c1. The van der Waals surface area contributed by atoms with E-state index in [0.29, 0.717) is 122 Å². The number of anilines is 4. The molecule has 0 aliphatic rings. The van der Waals surface area contributed by atoms with Gasteiger partial charge in [0.25, 0.3) is 0 Å². The number of nitrogens with zero attached hydrogens (tertiary/aromatic N) is 12. The summed E-state index contributed by atoms with van der Waals surface area (Å²) < 4.78 is 38.5. The molecule has 0 bridgehead atoms. The summed E-state index contributed by atoms with van der Waals surface area (Å²) in [4.78, 5) is 69.0. The molecule has 0 fully saturated rings. The first kappa shape index (κ1) is 90.0. The van der Waals surface area contributed by atoms with Crippen LogP contribution in [0.25, 0.3) is 66.9 Å². The second-order valence-corrected chi connectivity index (χ2v) is 32.0. The lowest BCUT2D eigenvalue weighted by molar-refractivity contribution is -0.114. The number of aromatic amines is 4. The van der Waals surface area contributed by atoms with Gasteiger partial charge in [0.05, 0.1) is 116 Å². The van der Waals surface area contributed by atoms with Crippen LogP contribution >= 0.6 is 47.0 Å². The molecule has 0 atom stereocenters. The fourth-order valence-corrected chi connectivity index (χ4v) is 16.4. The van der Waals surface area contributed by atoms with Gasteiger partial charge in [-0.15, -0.1) is 0 Å². The molecule has 0 radical (unpaired) electrons. The van der Waals surface area contributed by atoms with Gasteiger partial charge >= 0.3 is 0 Å². The van der Waals surface area contributed by atoms with Crippen LogP contribution in [0.3, 0.4) is 0 Å². The number of para-hydroxylation sites is 2. The lowest BCUT2D eigenvalue weighted by Gasteiger charge is -2.15. The van der Waals surface area contributed by atoms with Crippen molar-refractivity contribution in [2.75, 3.05) is 86.9 Å². The number of nitrogens with one attached hydrogen (secondary N) is 12. The van der Waals surface area contributed by atoms with Crippen molar-refractivity contribution in [3.63, 3.8) is 0 Å². The number of ether oxygens (including phenoxy) is 6. The summed E-state index contributed by atoms with van der Waals surface area (Å²) in [6.45, 7) is 13.4. The zero-order chi connectivity index (χ0) is 90.1. The summed E-state index contributed by atoms with van der Waals surface area (Å²) in [5.74, 6) is 3.48. The van der Waals surface area contributed by atoms with Gasteiger partial charge in [-0.2, -0.15) is 20.4 Å². The molecule has 38 heteroatoms. The maximum absolute atomic E-state index is 12.8. The van der Waals surface area contributed by atoms with Crippen LogP contribution in [0.1, 0.15) is 39.5 Å². The Labute approximate surface area is 743 Å². The molecule has 8 aromatic carbocycles. The highest BCUT2D eigenvalue weighted by Gasteiger charge is 2.24. The second-order valence-electron chi connectivity index (χ2n) is 28.2. The van der Waals surface area contributed by atoms with Gasteiger partial charge in [-0.3, -0.25) is 79.5 Å². The standard InChI is InChI=1S/C23H24N6O3S.C22H22N6O3S.2C22H22N6O2S/c1-13-7-5-6-8-17(13)29-21(24)20-14(2)27-28-22(20)26-23(29)33-12-19(30)25-16-10-9-15(31-3)11-18(16)32-4;1-13-19-20(23)28(15-7-5-9-17(11-15)31-3)22(25-21(19)27-26-13)32-12-18(29)24-14-6-4-8-16(10-14)30-2;1-13-7-4-5-10-17(13)28-20(23)19-14(2)26-27-21(19)25-22(28)31-12-18(29)24-15-8-6-9-16(11-15)30-3;1-13-7-9-15(10-8-13)24-18(29)12-31-22-25-21-19(14(2)26-27-21)20(23)28(22)16-5-4-6-17(11-16)30-3/h5-11,24H,12H2,1-4H3,(H,25,30)(H,27,28);4-11,23H,12H2,1-3H3,(H,24,29)(H,26,27);2*4-11,23H,12H2,1-3H3,(H,24,29)(H,26,27). The van der Waals surface area contributed by atoms with E-state index in [0.717, 1.165) is 62.2 Å². The topological polar surface area (TPSA) is 453 Å². The maximum Gasteiger partial charge on any atom is 0.234 e. The molecular formula is C89H90N24O10S4. The van der Waals surface area contributed by atoms with Crippen molar-refractivity contribution in [1.82, 2.24) is 79.0 Å². The fourth-order valence-electron chi connectivity index (χ4n) is 13.2. The summed E-state index contributed by atoms with van der Waals surface area (Å²) >= 11 is 4.97. The quantitative estimate of drug-likeness (QED) is 0.0177. The zero-order valence-electron chi connectivity index (χ0n) is 71.3. The van der Waals surface area contributed by atoms with E-state index in [9.17, 15) is 19.2 Å². The number of fused-ring (bicyclic) bond motifs is 4. The molecule has 0 spiro atoms. The Bertz CT molecular complexity index is 7040. The monoisotopic (exact) mass is 1780 g/mol. The number of methoxy groups -OCH3 is 6. The minimum absolute atomic E-state index is 0.0857. The van der Waals surface area contributed by atoms with Crippen molar-refractivity contribution >= 4 is 138 Å². The van der Waals surface area contributed by atoms with E-state index in [1.165, 1.54) is 54.2 Å². The van der Waals surface area contributed by atoms with Crippen LogP contribution in [0.15, 0.2) is 209 Å². The lowest BCUT2D eigenvalue weighted by Crippen LogP contribution is -2.24. The van der Waals surface area contributed by atoms with E-state index in [2.05, 4.69) is 82.0 Å². The molecular weight excluding hydrogens is 1690 g/mol. The number of carbonyl (C=O) groups excluding carboxylic acids is 4. The van der Waals surface area contributed by atoms with E-state index in [1.54, 1.807) is 102 Å². The predicted molar refractivity (Wildman–Crippen MR) is 492 cm³/mol. The van der Waals surface area contributed by atoms with Crippen molar-refractivity contribution in [2.24, 2.45) is 0 Å². The van der Waals surface area contributed by atoms with Gasteiger partial charge in [-0.25, -0.2) is 19.9 Å². The van der Waals surface area contributed by atoms with Crippen LogP contribution in [0.2, 0.25) is 0 Å². The lowest BCUT2D eigenvalue weighted by atomic mass is 10.2. The second kappa shape index (κ2) is 41.2. The number of hydrogen-bond acceptors (Lipinski definition) is 26. The summed E-state index contributed by atoms with van der Waals surface area (Å²) in [5, 5.41) is 79.7. The third-order valence-electron chi connectivity index (χ3n) is 19.5. The van der Waals surface area contributed by atoms with Crippen LogP contribution in [0.5, 0.6) is 34.5 Å². The zero-order valence-corrected chi connectivity index (χ0v) is 74.6. The maximum atomic E-state index is 12.8. The molecule has 8 heterocycles. The van der Waals surface area contributed by atoms with E-state index in [1.807, 2.05) is 188 Å². The first-order valence-corrected chi connectivity index (χ1v) is 43.1. The van der Waals surface area contributed by atoms with E-state index < -0.39 is 0 Å². The Morgan fingerprint density at radius 2 is 0.646 bits per heavy atom. The fraction of sp³-hybridized carbons (Fsp3) is 0.191. The Morgan fingerprint density at radius 1 is 0.331 bits per heavy atom. The highest BCUT2D eigenvalue weighted by Crippen LogP contribution is 2.33. The summed E-state index contributed by atoms with van der Waals surface area (Å²) in [7, 11) is 9.44. The largest absolute Gasteiger partial charge is 0.497 e. The van der Waals surface area contributed by atoms with Crippen molar-refractivity contribution < 1.29 is 47.6 Å². The minimum atomic E-state index is -0.230. The third kappa shape index (κ3) is 21.2. The van der Waals surface area contributed by atoms with Crippen molar-refractivity contribution in [1.29, 1.82) is 21.6 Å². The van der Waals surface area contributed by atoms with Crippen molar-refractivity contribution in [3.05, 3.63) is 249 Å². The smallest absolute Gasteiger partial charge is 0.234 e. The molecule has 127 heavy (non-hydrogen) atoms. The molecule has 650 valence electrons. The number of carbonyl (C=O) groups is 4. The van der Waals surface area contributed by atoms with Crippen molar-refractivity contribution in [3.8, 4) is 57.2 Å². The molecule has 12 N–H and O–H groups in total. The van der Waals surface area contributed by atoms with Crippen LogP contribution in [0, 0.1) is 70.1 Å². The van der Waals surface area contributed by atoms with Crippen LogP contribution < -0.4 is 71.6 Å². The molecule has 34 nitrogen and oxygen atoms in total. The number of H-pyrrole nitrogens is 4. The summed E-state index contributed by atoms with van der Waals surface area (Å²) in [6.07, 6.45) is 0. The molecule has 0 unspecified atom stereocenters. The molecule has 0 aliphatic heterocycles.